The Balaban J connectivity index is 1.70. The Labute approximate surface area is 106 Å². The zero-order valence-electron chi connectivity index (χ0n) is 11.4. The fourth-order valence-electron chi connectivity index (χ4n) is 3.41. The van der Waals surface area contributed by atoms with Crippen molar-refractivity contribution in [2.45, 2.75) is 44.6 Å². The Morgan fingerprint density at radius 3 is 2.53 bits per heavy atom. The van der Waals surface area contributed by atoms with Gasteiger partial charge in [-0.2, -0.15) is 0 Å². The summed E-state index contributed by atoms with van der Waals surface area (Å²) in [6.45, 7) is 6.10. The Bertz CT molecular complexity index is 196. The third kappa shape index (κ3) is 4.23. The third-order valence-corrected chi connectivity index (χ3v) is 4.56. The molecule has 100 valence electrons. The van der Waals surface area contributed by atoms with Gasteiger partial charge in [0.25, 0.3) is 0 Å². The van der Waals surface area contributed by atoms with Crippen molar-refractivity contribution >= 4 is 0 Å². The Morgan fingerprint density at radius 1 is 1.18 bits per heavy atom. The van der Waals surface area contributed by atoms with Crippen LogP contribution in [0.5, 0.6) is 0 Å². The SMILES string of the molecule is CNC(CCN1CCNCC1)C1CCCCC1. The standard InChI is InChI=1S/C14H29N3/c1-15-14(13-5-3-2-4-6-13)7-10-17-11-8-16-9-12-17/h13-16H,2-12H2,1H3. The summed E-state index contributed by atoms with van der Waals surface area (Å²) in [6, 6.07) is 0.755. The molecule has 0 aromatic heterocycles. The van der Waals surface area contributed by atoms with Crippen LogP contribution in [-0.4, -0.2) is 50.7 Å². The highest BCUT2D eigenvalue weighted by molar-refractivity contribution is 4.80. The smallest absolute Gasteiger partial charge is 0.0107 e. The van der Waals surface area contributed by atoms with Crippen LogP contribution in [0, 0.1) is 5.92 Å². The van der Waals surface area contributed by atoms with Crippen LogP contribution in [0.15, 0.2) is 0 Å². The van der Waals surface area contributed by atoms with Crippen LogP contribution < -0.4 is 10.6 Å². The molecule has 1 heterocycles. The second-order valence-corrected chi connectivity index (χ2v) is 5.67. The monoisotopic (exact) mass is 239 g/mol. The van der Waals surface area contributed by atoms with Crippen molar-refractivity contribution < 1.29 is 0 Å². The maximum atomic E-state index is 3.57. The van der Waals surface area contributed by atoms with Crippen molar-refractivity contribution in [1.29, 1.82) is 0 Å². The summed E-state index contributed by atoms with van der Waals surface area (Å²) in [7, 11) is 2.15. The lowest BCUT2D eigenvalue weighted by atomic mass is 9.82. The van der Waals surface area contributed by atoms with Gasteiger partial charge in [0.1, 0.15) is 0 Å². The second kappa shape index (κ2) is 7.34. The molecular weight excluding hydrogens is 210 g/mol. The van der Waals surface area contributed by atoms with E-state index < -0.39 is 0 Å². The minimum absolute atomic E-state index is 0.755. The van der Waals surface area contributed by atoms with Gasteiger partial charge in [-0.25, -0.2) is 0 Å². The van der Waals surface area contributed by atoms with Crippen LogP contribution in [0.2, 0.25) is 0 Å². The third-order valence-electron chi connectivity index (χ3n) is 4.56. The summed E-state index contributed by atoms with van der Waals surface area (Å²) >= 11 is 0. The minimum Gasteiger partial charge on any atom is -0.317 e. The number of nitrogens with zero attached hydrogens (tertiary/aromatic N) is 1. The fourth-order valence-corrected chi connectivity index (χ4v) is 3.41. The van der Waals surface area contributed by atoms with Crippen LogP contribution in [0.4, 0.5) is 0 Å². The van der Waals surface area contributed by atoms with Crippen LogP contribution in [0.1, 0.15) is 38.5 Å². The average molecular weight is 239 g/mol. The molecule has 2 fully saturated rings. The van der Waals surface area contributed by atoms with E-state index in [0.29, 0.717) is 0 Å². The summed E-state index contributed by atoms with van der Waals surface area (Å²) in [5.74, 6) is 0.941. The van der Waals surface area contributed by atoms with E-state index >= 15 is 0 Å². The van der Waals surface area contributed by atoms with Gasteiger partial charge in [0, 0.05) is 32.2 Å². The highest BCUT2D eigenvalue weighted by atomic mass is 15.2. The van der Waals surface area contributed by atoms with Crippen molar-refractivity contribution in [2.75, 3.05) is 39.8 Å². The molecule has 0 spiro atoms. The average Bonchev–Trinajstić information content (AvgIpc) is 2.42. The van der Waals surface area contributed by atoms with E-state index in [1.807, 2.05) is 0 Å². The van der Waals surface area contributed by atoms with Crippen molar-refractivity contribution in [3.63, 3.8) is 0 Å². The maximum Gasteiger partial charge on any atom is 0.0107 e. The zero-order chi connectivity index (χ0) is 11.9. The van der Waals surface area contributed by atoms with Crippen molar-refractivity contribution in [1.82, 2.24) is 15.5 Å². The molecule has 0 aromatic rings. The van der Waals surface area contributed by atoms with Gasteiger partial charge in [0.05, 0.1) is 0 Å². The normalized spacial score (nSPS) is 25.9. The van der Waals surface area contributed by atoms with Crippen LogP contribution in [0.25, 0.3) is 0 Å². The van der Waals surface area contributed by atoms with E-state index in [1.165, 1.54) is 71.2 Å². The number of rotatable bonds is 5. The van der Waals surface area contributed by atoms with E-state index in [4.69, 9.17) is 0 Å². The molecule has 1 saturated carbocycles. The summed E-state index contributed by atoms with van der Waals surface area (Å²) in [5, 5.41) is 6.99. The van der Waals surface area contributed by atoms with Gasteiger partial charge >= 0.3 is 0 Å². The van der Waals surface area contributed by atoms with Gasteiger partial charge in [-0.05, 0) is 38.8 Å². The van der Waals surface area contributed by atoms with Gasteiger partial charge in [-0.1, -0.05) is 19.3 Å². The fraction of sp³-hybridized carbons (Fsp3) is 1.00. The topological polar surface area (TPSA) is 27.3 Å². The predicted molar refractivity (Wildman–Crippen MR) is 73.3 cm³/mol. The largest absolute Gasteiger partial charge is 0.317 e. The molecule has 1 unspecified atom stereocenters. The first-order chi connectivity index (χ1) is 8.40. The van der Waals surface area contributed by atoms with Crippen molar-refractivity contribution in [2.24, 2.45) is 5.92 Å². The molecule has 1 atom stereocenters. The minimum atomic E-state index is 0.755. The molecule has 2 N–H and O–H groups in total. The highest BCUT2D eigenvalue weighted by Gasteiger charge is 2.22. The molecule has 0 radical (unpaired) electrons. The maximum absolute atomic E-state index is 3.57. The molecule has 3 nitrogen and oxygen atoms in total. The molecule has 0 amide bonds. The Kier molecular flexibility index (Phi) is 5.75. The van der Waals surface area contributed by atoms with Gasteiger partial charge in [0.15, 0.2) is 0 Å². The summed E-state index contributed by atoms with van der Waals surface area (Å²) < 4.78 is 0. The molecule has 0 bridgehead atoms. The van der Waals surface area contributed by atoms with E-state index in [2.05, 4.69) is 22.6 Å². The summed E-state index contributed by atoms with van der Waals surface area (Å²) in [5.41, 5.74) is 0. The first-order valence-electron chi connectivity index (χ1n) is 7.50. The van der Waals surface area contributed by atoms with Crippen molar-refractivity contribution in [3.8, 4) is 0 Å². The van der Waals surface area contributed by atoms with Crippen LogP contribution in [0.3, 0.4) is 0 Å². The van der Waals surface area contributed by atoms with Crippen molar-refractivity contribution in [3.05, 3.63) is 0 Å². The number of piperazine rings is 1. The summed E-state index contributed by atoms with van der Waals surface area (Å²) in [6.07, 6.45) is 8.61. The molecule has 2 rings (SSSR count). The van der Waals surface area contributed by atoms with E-state index in [9.17, 15) is 0 Å². The second-order valence-electron chi connectivity index (χ2n) is 5.67. The molecule has 1 saturated heterocycles. The Morgan fingerprint density at radius 2 is 1.88 bits per heavy atom. The molecular formula is C14H29N3. The van der Waals surface area contributed by atoms with Gasteiger partial charge in [-0.15, -0.1) is 0 Å². The first-order valence-corrected chi connectivity index (χ1v) is 7.50. The molecule has 1 aliphatic heterocycles. The van der Waals surface area contributed by atoms with E-state index in [1.54, 1.807) is 0 Å². The predicted octanol–water partition coefficient (Wildman–Crippen LogP) is 1.45. The zero-order valence-corrected chi connectivity index (χ0v) is 11.4. The lowest BCUT2D eigenvalue weighted by Crippen LogP contribution is -2.46. The molecule has 2 aliphatic rings. The van der Waals surface area contributed by atoms with Crippen LogP contribution >= 0.6 is 0 Å². The first kappa shape index (κ1) is 13.3. The van der Waals surface area contributed by atoms with E-state index in [-0.39, 0.29) is 0 Å². The molecule has 1 aliphatic carbocycles. The van der Waals surface area contributed by atoms with Gasteiger partial charge in [-0.3, -0.25) is 0 Å². The lowest BCUT2D eigenvalue weighted by molar-refractivity contribution is 0.201. The lowest BCUT2D eigenvalue weighted by Gasteiger charge is -2.33. The molecule has 0 aromatic carbocycles. The molecule has 17 heavy (non-hydrogen) atoms. The quantitative estimate of drug-likeness (QED) is 0.760. The number of nitrogens with one attached hydrogen (secondary N) is 2. The highest BCUT2D eigenvalue weighted by Crippen LogP contribution is 2.27. The number of hydrogen-bond donors (Lipinski definition) is 2. The molecule has 3 heteroatoms. The van der Waals surface area contributed by atoms with Crippen LogP contribution in [-0.2, 0) is 0 Å². The van der Waals surface area contributed by atoms with E-state index in [0.717, 1.165) is 12.0 Å². The summed E-state index contributed by atoms with van der Waals surface area (Å²) in [4.78, 5) is 2.61. The number of hydrogen-bond acceptors (Lipinski definition) is 3. The Hall–Kier alpha value is -0.120. The van der Waals surface area contributed by atoms with Gasteiger partial charge < -0.3 is 15.5 Å². The van der Waals surface area contributed by atoms with Gasteiger partial charge in [0.2, 0.25) is 0 Å².